The molecule has 0 aliphatic heterocycles. The number of esters is 1. The van der Waals surface area contributed by atoms with Crippen LogP contribution in [0, 0.1) is 5.82 Å². The normalized spacial score (nSPS) is 11.3. The Kier molecular flexibility index (Phi) is 4.49. The summed E-state index contributed by atoms with van der Waals surface area (Å²) in [5.41, 5.74) is -1.35. The molecule has 0 aliphatic carbocycles. The zero-order valence-electron chi connectivity index (χ0n) is 11.6. The van der Waals surface area contributed by atoms with Crippen LogP contribution in [0.1, 0.15) is 22.8 Å². The van der Waals surface area contributed by atoms with Crippen LogP contribution in [0.3, 0.4) is 0 Å². The number of alkyl halides is 3. The Labute approximate surface area is 124 Å². The average molecular weight is 312 g/mol. The van der Waals surface area contributed by atoms with Gasteiger partial charge in [-0.15, -0.1) is 0 Å². The Balaban J connectivity index is 2.66. The maximum absolute atomic E-state index is 13.4. The molecule has 0 saturated carbocycles. The van der Waals surface area contributed by atoms with E-state index in [9.17, 15) is 22.4 Å². The fraction of sp³-hybridized carbons (Fsp3) is 0.188. The minimum atomic E-state index is -4.59. The lowest BCUT2D eigenvalue weighted by molar-refractivity contribution is -0.137. The molecule has 2 aromatic carbocycles. The fourth-order valence-electron chi connectivity index (χ4n) is 2.09. The van der Waals surface area contributed by atoms with Crippen molar-refractivity contribution in [3.63, 3.8) is 0 Å². The van der Waals surface area contributed by atoms with Gasteiger partial charge in [0.25, 0.3) is 0 Å². The van der Waals surface area contributed by atoms with E-state index in [1.54, 1.807) is 6.92 Å². The van der Waals surface area contributed by atoms with Crippen molar-refractivity contribution >= 4 is 5.97 Å². The van der Waals surface area contributed by atoms with Crippen LogP contribution < -0.4 is 0 Å². The second-order valence-corrected chi connectivity index (χ2v) is 4.45. The third-order valence-corrected chi connectivity index (χ3v) is 3.00. The molecule has 6 heteroatoms. The quantitative estimate of drug-likeness (QED) is 0.607. The first-order valence-corrected chi connectivity index (χ1v) is 6.48. The highest BCUT2D eigenvalue weighted by Gasteiger charge is 2.34. The van der Waals surface area contributed by atoms with Gasteiger partial charge in [-0.05, 0) is 36.2 Å². The summed E-state index contributed by atoms with van der Waals surface area (Å²) in [6, 6.07) is 7.84. The van der Waals surface area contributed by atoms with Crippen LogP contribution >= 0.6 is 0 Å². The molecular weight excluding hydrogens is 300 g/mol. The molecule has 116 valence electrons. The van der Waals surface area contributed by atoms with Crippen molar-refractivity contribution in [1.82, 2.24) is 0 Å². The summed E-state index contributed by atoms with van der Waals surface area (Å²) in [5, 5.41) is 0. The second kappa shape index (κ2) is 6.17. The monoisotopic (exact) mass is 312 g/mol. The Morgan fingerprint density at radius 3 is 2.41 bits per heavy atom. The van der Waals surface area contributed by atoms with Crippen molar-refractivity contribution in [2.75, 3.05) is 6.61 Å². The molecule has 0 fully saturated rings. The van der Waals surface area contributed by atoms with Gasteiger partial charge in [0.1, 0.15) is 5.82 Å². The van der Waals surface area contributed by atoms with Crippen LogP contribution in [0.2, 0.25) is 0 Å². The maximum atomic E-state index is 13.4. The van der Waals surface area contributed by atoms with E-state index in [0.717, 1.165) is 24.3 Å². The van der Waals surface area contributed by atoms with Crippen molar-refractivity contribution < 1.29 is 27.1 Å². The third-order valence-electron chi connectivity index (χ3n) is 3.00. The molecule has 0 N–H and O–H groups in total. The molecule has 0 aliphatic rings. The van der Waals surface area contributed by atoms with E-state index in [1.165, 1.54) is 18.2 Å². The van der Waals surface area contributed by atoms with Gasteiger partial charge < -0.3 is 4.74 Å². The van der Waals surface area contributed by atoms with Gasteiger partial charge in [-0.1, -0.05) is 24.3 Å². The summed E-state index contributed by atoms with van der Waals surface area (Å²) in [6.07, 6.45) is -4.59. The molecule has 22 heavy (non-hydrogen) atoms. The number of carbonyl (C=O) groups excluding carboxylic acids is 1. The van der Waals surface area contributed by atoms with Crippen LogP contribution in [0.5, 0.6) is 0 Å². The van der Waals surface area contributed by atoms with Crippen molar-refractivity contribution in [3.8, 4) is 11.1 Å². The summed E-state index contributed by atoms with van der Waals surface area (Å²) in [7, 11) is 0. The lowest BCUT2D eigenvalue weighted by atomic mass is 9.95. The second-order valence-electron chi connectivity index (χ2n) is 4.45. The Morgan fingerprint density at radius 2 is 1.77 bits per heavy atom. The van der Waals surface area contributed by atoms with Crippen LogP contribution in [0.4, 0.5) is 17.6 Å². The third kappa shape index (κ3) is 3.27. The molecule has 0 heterocycles. The molecule has 0 unspecified atom stereocenters. The average Bonchev–Trinajstić information content (AvgIpc) is 2.46. The molecule has 0 spiro atoms. The number of benzene rings is 2. The number of hydrogen-bond acceptors (Lipinski definition) is 2. The van der Waals surface area contributed by atoms with Crippen molar-refractivity contribution in [2.45, 2.75) is 13.1 Å². The minimum absolute atomic E-state index is 0.0206. The van der Waals surface area contributed by atoms with E-state index in [2.05, 4.69) is 0 Å². The Bertz CT molecular complexity index is 693. The van der Waals surface area contributed by atoms with E-state index in [0.29, 0.717) is 0 Å². The first-order valence-electron chi connectivity index (χ1n) is 6.48. The van der Waals surface area contributed by atoms with Crippen molar-refractivity contribution in [2.24, 2.45) is 0 Å². The lowest BCUT2D eigenvalue weighted by Crippen LogP contribution is -2.10. The molecule has 2 nitrogen and oxygen atoms in total. The maximum Gasteiger partial charge on any atom is 0.417 e. The number of halogens is 4. The summed E-state index contributed by atoms with van der Waals surface area (Å²) in [5.74, 6) is -1.59. The number of carbonyl (C=O) groups is 1. The van der Waals surface area contributed by atoms with E-state index >= 15 is 0 Å². The molecule has 2 rings (SSSR count). The highest BCUT2D eigenvalue weighted by atomic mass is 19.4. The van der Waals surface area contributed by atoms with Crippen LogP contribution in [0.15, 0.2) is 42.5 Å². The van der Waals surface area contributed by atoms with Gasteiger partial charge in [0.2, 0.25) is 0 Å². The highest BCUT2D eigenvalue weighted by Crippen LogP contribution is 2.38. The molecule has 0 radical (unpaired) electrons. The molecular formula is C16H12F4O2. The molecule has 0 amide bonds. The molecule has 2 aromatic rings. The standard InChI is InChI=1S/C16H12F4O2/c1-2-22-15(21)13-9-10(17)7-8-11(13)12-5-3-4-6-14(12)16(18,19)20/h3-9H,2H2,1H3. The SMILES string of the molecule is CCOC(=O)c1cc(F)ccc1-c1ccccc1C(F)(F)F. The zero-order valence-corrected chi connectivity index (χ0v) is 11.6. The highest BCUT2D eigenvalue weighted by molar-refractivity contribution is 5.97. The molecule has 0 aromatic heterocycles. The van der Waals surface area contributed by atoms with Gasteiger partial charge in [0.15, 0.2) is 0 Å². The summed E-state index contributed by atoms with van der Waals surface area (Å²) in [6.45, 7) is 1.59. The number of ether oxygens (including phenoxy) is 1. The van der Waals surface area contributed by atoms with Crippen LogP contribution in [0.25, 0.3) is 11.1 Å². The van der Waals surface area contributed by atoms with Crippen molar-refractivity contribution in [3.05, 3.63) is 59.4 Å². The van der Waals surface area contributed by atoms with E-state index in [1.807, 2.05) is 0 Å². The molecule has 0 bridgehead atoms. The summed E-state index contributed by atoms with van der Waals surface area (Å²) in [4.78, 5) is 11.9. The lowest BCUT2D eigenvalue weighted by Gasteiger charge is -2.15. The Morgan fingerprint density at radius 1 is 1.09 bits per heavy atom. The van der Waals surface area contributed by atoms with Gasteiger partial charge in [-0.3, -0.25) is 0 Å². The van der Waals surface area contributed by atoms with Gasteiger partial charge in [-0.25, -0.2) is 9.18 Å². The minimum Gasteiger partial charge on any atom is -0.462 e. The predicted octanol–water partition coefficient (Wildman–Crippen LogP) is 4.69. The summed E-state index contributed by atoms with van der Waals surface area (Å²) < 4.78 is 57.5. The number of rotatable bonds is 3. The largest absolute Gasteiger partial charge is 0.462 e. The van der Waals surface area contributed by atoms with Gasteiger partial charge >= 0.3 is 12.1 Å². The first kappa shape index (κ1) is 16.0. The van der Waals surface area contributed by atoms with Crippen molar-refractivity contribution in [1.29, 1.82) is 0 Å². The topological polar surface area (TPSA) is 26.3 Å². The van der Waals surface area contributed by atoms with E-state index in [-0.39, 0.29) is 23.3 Å². The van der Waals surface area contributed by atoms with E-state index < -0.39 is 23.5 Å². The Hall–Kier alpha value is -2.37. The number of hydrogen-bond donors (Lipinski definition) is 0. The van der Waals surface area contributed by atoms with Gasteiger partial charge in [0, 0.05) is 0 Å². The van der Waals surface area contributed by atoms with Crippen LogP contribution in [-0.2, 0) is 10.9 Å². The van der Waals surface area contributed by atoms with E-state index in [4.69, 9.17) is 4.74 Å². The zero-order chi connectivity index (χ0) is 16.3. The predicted molar refractivity (Wildman–Crippen MR) is 72.8 cm³/mol. The first-order chi connectivity index (χ1) is 10.3. The fourth-order valence-corrected chi connectivity index (χ4v) is 2.09. The van der Waals surface area contributed by atoms with Gasteiger partial charge in [0.05, 0.1) is 17.7 Å². The van der Waals surface area contributed by atoms with Gasteiger partial charge in [-0.2, -0.15) is 13.2 Å². The van der Waals surface area contributed by atoms with Crippen LogP contribution in [-0.4, -0.2) is 12.6 Å². The summed E-state index contributed by atoms with van der Waals surface area (Å²) >= 11 is 0. The smallest absolute Gasteiger partial charge is 0.417 e. The molecule has 0 saturated heterocycles. The molecule has 0 atom stereocenters.